The summed E-state index contributed by atoms with van der Waals surface area (Å²) in [6.45, 7) is 10.9. The van der Waals surface area contributed by atoms with E-state index in [-0.39, 0.29) is 12.0 Å². The molecule has 1 saturated heterocycles. The van der Waals surface area contributed by atoms with Gasteiger partial charge in [-0.3, -0.25) is 0 Å². The lowest BCUT2D eigenvalue weighted by Crippen LogP contribution is -2.50. The van der Waals surface area contributed by atoms with Gasteiger partial charge in [-0.1, -0.05) is 13.8 Å². The molecule has 2 rings (SSSR count). The van der Waals surface area contributed by atoms with Gasteiger partial charge >= 0.3 is 6.09 Å². The molecule has 18 heavy (non-hydrogen) atoms. The third kappa shape index (κ3) is 3.72. The van der Waals surface area contributed by atoms with Crippen LogP contribution in [0.1, 0.15) is 46.2 Å². The quantitative estimate of drug-likeness (QED) is 0.833. The lowest BCUT2D eigenvalue weighted by molar-refractivity contribution is 0.00787. The van der Waals surface area contributed by atoms with Gasteiger partial charge in [0.15, 0.2) is 0 Å². The lowest BCUT2D eigenvalue weighted by atomic mass is 9.98. The predicted octanol–water partition coefficient (Wildman–Crippen LogP) is 2.17. The summed E-state index contributed by atoms with van der Waals surface area (Å²) in [6.07, 6.45) is 1.43. The van der Waals surface area contributed by atoms with Crippen molar-refractivity contribution in [1.82, 2.24) is 20.3 Å². The maximum atomic E-state index is 11.6. The van der Waals surface area contributed by atoms with Gasteiger partial charge in [-0.05, 0) is 20.8 Å². The number of amides is 1. The molecule has 1 aliphatic rings. The molecule has 1 amide bonds. The zero-order valence-corrected chi connectivity index (χ0v) is 11.7. The van der Waals surface area contributed by atoms with E-state index in [9.17, 15) is 4.79 Å². The molecule has 1 aromatic heterocycles. The largest absolute Gasteiger partial charge is 0.444 e. The fourth-order valence-electron chi connectivity index (χ4n) is 1.55. The van der Waals surface area contributed by atoms with Crippen LogP contribution >= 0.6 is 0 Å². The fraction of sp³-hybridized carbons (Fsp3) is 0.750. The Morgan fingerprint density at radius 2 is 2.06 bits per heavy atom. The van der Waals surface area contributed by atoms with Gasteiger partial charge in [-0.2, -0.15) is 15.4 Å². The molecule has 2 heterocycles. The maximum Gasteiger partial charge on any atom is 0.410 e. The van der Waals surface area contributed by atoms with Crippen LogP contribution in [-0.2, 0) is 4.74 Å². The van der Waals surface area contributed by atoms with E-state index < -0.39 is 5.60 Å². The average Bonchev–Trinajstić information content (AvgIpc) is 2.69. The Bertz CT molecular complexity index is 364. The summed E-state index contributed by atoms with van der Waals surface area (Å²) in [4.78, 5) is 13.3. The highest BCUT2D eigenvalue weighted by Crippen LogP contribution is 2.26. The molecule has 1 aliphatic heterocycles. The fourth-order valence-corrected chi connectivity index (χ4v) is 1.55. The van der Waals surface area contributed by atoms with E-state index in [0.717, 1.165) is 5.69 Å². The molecule has 0 saturated carbocycles. The first-order valence-corrected chi connectivity index (χ1v) is 6.29. The smallest absolute Gasteiger partial charge is 0.410 e. The molecule has 0 spiro atoms. The third-order valence-electron chi connectivity index (χ3n) is 2.39. The van der Waals surface area contributed by atoms with Gasteiger partial charge in [0.25, 0.3) is 0 Å². The highest BCUT2D eigenvalue weighted by Gasteiger charge is 2.35. The second-order valence-electron chi connectivity index (χ2n) is 4.98. The van der Waals surface area contributed by atoms with Crippen LogP contribution in [0.2, 0.25) is 0 Å². The Labute approximate surface area is 108 Å². The van der Waals surface area contributed by atoms with Crippen molar-refractivity contribution in [2.75, 3.05) is 13.1 Å². The first kappa shape index (κ1) is 14.5. The van der Waals surface area contributed by atoms with Crippen LogP contribution < -0.4 is 0 Å². The Balaban J connectivity index is 0.000000771. The van der Waals surface area contributed by atoms with Gasteiger partial charge in [-0.15, -0.1) is 0 Å². The van der Waals surface area contributed by atoms with Crippen LogP contribution in [0.3, 0.4) is 0 Å². The second-order valence-corrected chi connectivity index (χ2v) is 4.98. The summed E-state index contributed by atoms with van der Waals surface area (Å²) >= 11 is 0. The van der Waals surface area contributed by atoms with Gasteiger partial charge in [0.05, 0.1) is 11.9 Å². The molecular formula is C12H22N4O2. The molecule has 0 bridgehead atoms. The number of hydrogen-bond donors (Lipinski definition) is 1. The second kappa shape index (κ2) is 5.84. The summed E-state index contributed by atoms with van der Waals surface area (Å²) < 4.78 is 5.25. The molecule has 6 nitrogen and oxygen atoms in total. The number of hydrogen-bond acceptors (Lipinski definition) is 4. The molecule has 1 fully saturated rings. The number of nitrogens with zero attached hydrogens (tertiary/aromatic N) is 3. The molecule has 102 valence electrons. The van der Waals surface area contributed by atoms with E-state index in [1.807, 2.05) is 34.6 Å². The van der Waals surface area contributed by atoms with E-state index in [1.54, 1.807) is 11.1 Å². The number of aromatic amines is 1. The van der Waals surface area contributed by atoms with Crippen LogP contribution in [0.5, 0.6) is 0 Å². The van der Waals surface area contributed by atoms with Crippen molar-refractivity contribution < 1.29 is 9.53 Å². The predicted molar refractivity (Wildman–Crippen MR) is 68.3 cm³/mol. The lowest BCUT2D eigenvalue weighted by Gasteiger charge is -2.38. The Kier molecular flexibility index (Phi) is 4.69. The minimum absolute atomic E-state index is 0.257. The van der Waals surface area contributed by atoms with E-state index in [0.29, 0.717) is 13.1 Å². The van der Waals surface area contributed by atoms with Gasteiger partial charge in [0.2, 0.25) is 0 Å². The molecule has 1 N–H and O–H groups in total. The van der Waals surface area contributed by atoms with Gasteiger partial charge in [0.1, 0.15) is 5.60 Å². The molecule has 1 aromatic rings. The zero-order valence-electron chi connectivity index (χ0n) is 11.7. The van der Waals surface area contributed by atoms with Crippen LogP contribution in [-0.4, -0.2) is 45.1 Å². The number of likely N-dealkylation sites (tertiary alicyclic amines) is 1. The van der Waals surface area contributed by atoms with Gasteiger partial charge in [0, 0.05) is 19.0 Å². The van der Waals surface area contributed by atoms with Crippen molar-refractivity contribution in [2.24, 2.45) is 0 Å². The Morgan fingerprint density at radius 3 is 2.50 bits per heavy atom. The minimum atomic E-state index is -0.434. The van der Waals surface area contributed by atoms with Crippen LogP contribution in [0, 0.1) is 0 Å². The minimum Gasteiger partial charge on any atom is -0.444 e. The molecule has 0 aromatic carbocycles. The zero-order chi connectivity index (χ0) is 13.8. The highest BCUT2D eigenvalue weighted by molar-refractivity contribution is 5.69. The van der Waals surface area contributed by atoms with Crippen LogP contribution in [0.4, 0.5) is 4.79 Å². The van der Waals surface area contributed by atoms with Crippen molar-refractivity contribution in [3.63, 3.8) is 0 Å². The first-order valence-electron chi connectivity index (χ1n) is 6.29. The summed E-state index contributed by atoms with van der Waals surface area (Å²) in [7, 11) is 0. The summed E-state index contributed by atoms with van der Waals surface area (Å²) in [5, 5.41) is 10.3. The topological polar surface area (TPSA) is 71.1 Å². The normalized spacial score (nSPS) is 15.5. The van der Waals surface area contributed by atoms with Crippen molar-refractivity contribution in [3.05, 3.63) is 11.9 Å². The highest BCUT2D eigenvalue weighted by atomic mass is 16.6. The van der Waals surface area contributed by atoms with Gasteiger partial charge in [-0.25, -0.2) is 4.79 Å². The number of H-pyrrole nitrogens is 1. The monoisotopic (exact) mass is 254 g/mol. The number of carbonyl (C=O) groups excluding carboxylic acids is 1. The van der Waals surface area contributed by atoms with E-state index in [2.05, 4.69) is 15.4 Å². The molecule has 0 radical (unpaired) electrons. The molecule has 6 heteroatoms. The number of ether oxygens (including phenoxy) is 1. The molecular weight excluding hydrogens is 232 g/mol. The maximum absolute atomic E-state index is 11.6. The van der Waals surface area contributed by atoms with Crippen molar-refractivity contribution >= 4 is 6.09 Å². The number of rotatable bonds is 1. The summed E-state index contributed by atoms with van der Waals surface area (Å²) in [5.74, 6) is 0.284. The summed E-state index contributed by atoms with van der Waals surface area (Å²) in [6, 6.07) is 0. The molecule has 0 aliphatic carbocycles. The van der Waals surface area contributed by atoms with Crippen molar-refractivity contribution in [1.29, 1.82) is 0 Å². The average molecular weight is 254 g/mol. The van der Waals surface area contributed by atoms with Crippen LogP contribution in [0.15, 0.2) is 6.20 Å². The molecule has 0 unspecified atom stereocenters. The number of aromatic nitrogens is 3. The SMILES string of the molecule is CC.CC(C)(C)OC(=O)N1CC(c2cn[nH]n2)C1. The standard InChI is InChI=1S/C10H16N4O2.C2H6/c1-10(2,3)16-9(15)14-5-7(6-14)8-4-11-13-12-8;1-2/h4,7H,5-6H2,1-3H3,(H,11,12,13);1-2H3. The van der Waals surface area contributed by atoms with E-state index >= 15 is 0 Å². The van der Waals surface area contributed by atoms with Gasteiger partial charge < -0.3 is 9.64 Å². The Hall–Kier alpha value is -1.59. The van der Waals surface area contributed by atoms with E-state index in [4.69, 9.17) is 4.74 Å². The Morgan fingerprint density at radius 1 is 1.44 bits per heavy atom. The van der Waals surface area contributed by atoms with E-state index in [1.165, 1.54) is 0 Å². The number of nitrogens with one attached hydrogen (secondary N) is 1. The molecule has 0 atom stereocenters. The number of carbonyl (C=O) groups is 1. The van der Waals surface area contributed by atoms with Crippen LogP contribution in [0.25, 0.3) is 0 Å². The third-order valence-corrected chi connectivity index (χ3v) is 2.39. The summed E-state index contributed by atoms with van der Waals surface area (Å²) in [5.41, 5.74) is 0.468. The van der Waals surface area contributed by atoms with Crippen molar-refractivity contribution in [3.8, 4) is 0 Å². The van der Waals surface area contributed by atoms with Crippen molar-refractivity contribution in [2.45, 2.75) is 46.1 Å². The first-order chi connectivity index (χ1) is 8.46.